The van der Waals surface area contributed by atoms with Gasteiger partial charge in [-0.3, -0.25) is 18.7 Å². The number of hydrogen-bond acceptors (Lipinski definition) is 7. The van der Waals surface area contributed by atoms with Crippen molar-refractivity contribution in [3.05, 3.63) is 80.8 Å². The molecule has 0 spiro atoms. The van der Waals surface area contributed by atoms with Crippen LogP contribution in [0, 0.1) is 6.92 Å². The highest BCUT2D eigenvalue weighted by Gasteiger charge is 2.22. The third-order valence-corrected chi connectivity index (χ3v) is 5.56. The minimum Gasteiger partial charge on any atom is -0.384 e. The second-order valence-electron chi connectivity index (χ2n) is 6.62. The van der Waals surface area contributed by atoms with Crippen LogP contribution in [0.15, 0.2) is 57.7 Å². The number of hydrogen-bond donors (Lipinski definition) is 1. The van der Waals surface area contributed by atoms with Crippen molar-refractivity contribution in [2.75, 3.05) is 11.5 Å². The average Bonchev–Trinajstić information content (AvgIpc) is 3.09. The minimum atomic E-state index is -0.712. The van der Waals surface area contributed by atoms with Crippen LogP contribution in [0.5, 0.6) is 0 Å². The van der Waals surface area contributed by atoms with Crippen LogP contribution < -0.4 is 17.0 Å². The summed E-state index contributed by atoms with van der Waals surface area (Å²) in [5, 5.41) is 8.60. The van der Waals surface area contributed by atoms with Crippen LogP contribution in [0.2, 0.25) is 0 Å². The Morgan fingerprint density at radius 1 is 1.20 bits per heavy atom. The van der Waals surface area contributed by atoms with E-state index in [1.165, 1.54) is 11.6 Å². The van der Waals surface area contributed by atoms with Crippen molar-refractivity contribution < 1.29 is 4.79 Å². The van der Waals surface area contributed by atoms with Gasteiger partial charge in [0, 0.05) is 13.6 Å². The number of aromatic nitrogens is 5. The lowest BCUT2D eigenvalue weighted by molar-refractivity contribution is 0.102. The maximum Gasteiger partial charge on any atom is 0.332 e. The van der Waals surface area contributed by atoms with Gasteiger partial charge in [-0.2, -0.15) is 0 Å². The molecule has 0 aliphatic rings. The quantitative estimate of drug-likeness (QED) is 0.327. The fraction of sp³-hybridized carbons (Fsp3) is 0.250. The molecule has 10 heteroatoms. The average molecular weight is 427 g/mol. The second kappa shape index (κ2) is 8.95. The first-order valence-electron chi connectivity index (χ1n) is 9.15. The van der Waals surface area contributed by atoms with Gasteiger partial charge in [0.1, 0.15) is 17.2 Å². The van der Waals surface area contributed by atoms with Crippen LogP contribution in [0.4, 0.5) is 5.82 Å². The van der Waals surface area contributed by atoms with Crippen molar-refractivity contribution in [2.45, 2.75) is 25.2 Å². The lowest BCUT2D eigenvalue weighted by Crippen LogP contribution is -2.43. The largest absolute Gasteiger partial charge is 0.384 e. The molecule has 3 rings (SSSR count). The van der Waals surface area contributed by atoms with E-state index in [4.69, 9.17) is 5.73 Å². The van der Waals surface area contributed by atoms with Gasteiger partial charge in [-0.25, -0.2) is 4.79 Å². The molecular formula is C20H22N6O3S. The van der Waals surface area contributed by atoms with E-state index in [1.807, 2.05) is 34.9 Å². The molecule has 0 unspecified atom stereocenters. The normalized spacial score (nSPS) is 10.9. The third kappa shape index (κ3) is 4.13. The number of carbonyl (C=O) groups is 1. The van der Waals surface area contributed by atoms with Crippen LogP contribution in [0.3, 0.4) is 0 Å². The summed E-state index contributed by atoms with van der Waals surface area (Å²) in [5.74, 6) is 0.00169. The Bertz CT molecular complexity index is 1210. The second-order valence-corrected chi connectivity index (χ2v) is 7.56. The van der Waals surface area contributed by atoms with Crippen molar-refractivity contribution in [3.63, 3.8) is 0 Å². The van der Waals surface area contributed by atoms with Gasteiger partial charge in [0.25, 0.3) is 5.56 Å². The molecule has 0 aliphatic heterocycles. The number of ketones is 1. The molecule has 0 amide bonds. The molecule has 0 saturated heterocycles. The lowest BCUT2D eigenvalue weighted by Gasteiger charge is -2.14. The van der Waals surface area contributed by atoms with Gasteiger partial charge in [-0.1, -0.05) is 48.2 Å². The number of carbonyl (C=O) groups excluding carboxylic acids is 1. The van der Waals surface area contributed by atoms with E-state index < -0.39 is 17.0 Å². The van der Waals surface area contributed by atoms with Gasteiger partial charge in [-0.15, -0.1) is 16.8 Å². The predicted octanol–water partition coefficient (Wildman–Crippen LogP) is 1.24. The zero-order valence-corrected chi connectivity index (χ0v) is 17.6. The molecule has 2 aromatic heterocycles. The van der Waals surface area contributed by atoms with E-state index in [9.17, 15) is 14.4 Å². The summed E-state index contributed by atoms with van der Waals surface area (Å²) in [7, 11) is 1.33. The summed E-state index contributed by atoms with van der Waals surface area (Å²) < 4.78 is 3.95. The molecule has 0 fully saturated rings. The number of benzene rings is 1. The first kappa shape index (κ1) is 21.3. The molecule has 0 atom stereocenters. The zero-order valence-electron chi connectivity index (χ0n) is 16.7. The van der Waals surface area contributed by atoms with E-state index in [-0.39, 0.29) is 23.7 Å². The highest BCUT2D eigenvalue weighted by atomic mass is 32.2. The zero-order chi connectivity index (χ0) is 21.8. The molecule has 0 radical (unpaired) electrons. The number of nitrogen functional groups attached to an aromatic ring is 1. The minimum absolute atomic E-state index is 0.0712. The highest BCUT2D eigenvalue weighted by molar-refractivity contribution is 7.99. The van der Waals surface area contributed by atoms with Gasteiger partial charge in [0.15, 0.2) is 10.9 Å². The fourth-order valence-electron chi connectivity index (χ4n) is 2.97. The van der Waals surface area contributed by atoms with Crippen LogP contribution in [0.25, 0.3) is 0 Å². The topological polar surface area (TPSA) is 118 Å². The van der Waals surface area contributed by atoms with E-state index in [1.54, 1.807) is 13.0 Å². The van der Waals surface area contributed by atoms with Gasteiger partial charge >= 0.3 is 5.69 Å². The van der Waals surface area contributed by atoms with Crippen molar-refractivity contribution in [1.82, 2.24) is 23.9 Å². The Labute approximate surface area is 176 Å². The van der Waals surface area contributed by atoms with Crippen LogP contribution in [-0.4, -0.2) is 35.4 Å². The Morgan fingerprint density at radius 3 is 2.57 bits per heavy atom. The molecule has 0 bridgehead atoms. The highest BCUT2D eigenvalue weighted by Crippen LogP contribution is 2.19. The molecule has 2 heterocycles. The van der Waals surface area contributed by atoms with Gasteiger partial charge < -0.3 is 10.3 Å². The number of nitrogens with zero attached hydrogens (tertiary/aromatic N) is 5. The van der Waals surface area contributed by atoms with Gasteiger partial charge in [0.05, 0.1) is 12.3 Å². The van der Waals surface area contributed by atoms with Crippen LogP contribution in [-0.2, 0) is 20.1 Å². The molecule has 156 valence electrons. The van der Waals surface area contributed by atoms with Crippen molar-refractivity contribution in [2.24, 2.45) is 7.05 Å². The maximum atomic E-state index is 12.9. The number of thioether (sulfide) groups is 1. The summed E-state index contributed by atoms with van der Waals surface area (Å²) in [6.07, 6.45) is 1.70. The van der Waals surface area contributed by atoms with Crippen LogP contribution in [0.1, 0.15) is 21.7 Å². The summed E-state index contributed by atoms with van der Waals surface area (Å²) in [5.41, 5.74) is 5.46. The molecular weight excluding hydrogens is 404 g/mol. The van der Waals surface area contributed by atoms with E-state index in [0.29, 0.717) is 17.5 Å². The number of aryl methyl sites for hydroxylation is 1. The standard InChI is InChI=1S/C20H22N6O3S/c1-4-10-25-13(2)22-23-19(25)30-12-15(27)16-17(21)26(20(29)24(3)18(16)28)11-14-8-6-5-7-9-14/h4-9H,1,10-12,21H2,2-3H3. The first-order chi connectivity index (χ1) is 14.3. The van der Waals surface area contributed by atoms with Gasteiger partial charge in [-0.05, 0) is 12.5 Å². The molecule has 0 aliphatic carbocycles. The Morgan fingerprint density at radius 2 is 1.90 bits per heavy atom. The Balaban J connectivity index is 1.93. The Kier molecular flexibility index (Phi) is 6.36. The third-order valence-electron chi connectivity index (χ3n) is 4.59. The monoisotopic (exact) mass is 426 g/mol. The van der Waals surface area contributed by atoms with Crippen LogP contribution >= 0.6 is 11.8 Å². The molecule has 1 aromatic carbocycles. The number of allylic oxidation sites excluding steroid dienone is 1. The smallest absolute Gasteiger partial charge is 0.332 e. The fourth-order valence-corrected chi connectivity index (χ4v) is 3.84. The first-order valence-corrected chi connectivity index (χ1v) is 10.1. The lowest BCUT2D eigenvalue weighted by atomic mass is 10.2. The molecule has 9 nitrogen and oxygen atoms in total. The summed E-state index contributed by atoms with van der Waals surface area (Å²) in [6, 6.07) is 9.20. The van der Waals surface area contributed by atoms with Crippen molar-refractivity contribution in [1.29, 1.82) is 0 Å². The van der Waals surface area contributed by atoms with Crippen molar-refractivity contribution >= 4 is 23.4 Å². The molecule has 3 aromatic rings. The number of Topliss-reactive ketones (excluding diaryl/α,β-unsaturated/α-hetero) is 1. The number of anilines is 1. The van der Waals surface area contributed by atoms with Crippen molar-refractivity contribution in [3.8, 4) is 0 Å². The summed E-state index contributed by atoms with van der Waals surface area (Å²) in [6.45, 7) is 6.16. The van der Waals surface area contributed by atoms with E-state index in [0.717, 1.165) is 21.9 Å². The molecule has 2 N–H and O–H groups in total. The van der Waals surface area contributed by atoms with E-state index >= 15 is 0 Å². The number of nitrogens with two attached hydrogens (primary N) is 1. The summed E-state index contributed by atoms with van der Waals surface area (Å²) in [4.78, 5) is 38.1. The molecule has 30 heavy (non-hydrogen) atoms. The van der Waals surface area contributed by atoms with Gasteiger partial charge in [0.2, 0.25) is 0 Å². The SMILES string of the molecule is C=CCn1c(C)nnc1SCC(=O)c1c(N)n(Cc2ccccc2)c(=O)n(C)c1=O. The Hall–Kier alpha value is -3.40. The number of rotatable bonds is 8. The summed E-state index contributed by atoms with van der Waals surface area (Å²) >= 11 is 1.15. The predicted molar refractivity (Wildman–Crippen MR) is 116 cm³/mol. The molecule has 0 saturated carbocycles. The van der Waals surface area contributed by atoms with E-state index in [2.05, 4.69) is 16.8 Å². The maximum absolute atomic E-state index is 12.9.